The first-order valence-electron chi connectivity index (χ1n) is 7.91. The Morgan fingerprint density at radius 2 is 1.90 bits per heavy atom. The molecular weight excluding hydrogens is 270 g/mol. The van der Waals surface area contributed by atoms with Gasteiger partial charge in [-0.1, -0.05) is 13.8 Å². The Morgan fingerprint density at radius 3 is 2.45 bits per heavy atom. The second kappa shape index (κ2) is 7.66. The number of likely N-dealkylation sites (N-methyl/N-ethyl adjacent to an activating group) is 1. The van der Waals surface area contributed by atoms with E-state index in [1.807, 2.05) is 11.8 Å². The van der Waals surface area contributed by atoms with Gasteiger partial charge < -0.3 is 4.90 Å². The summed E-state index contributed by atoms with van der Waals surface area (Å²) >= 11 is 2.02. The van der Waals surface area contributed by atoms with E-state index in [2.05, 4.69) is 35.6 Å². The first-order valence-corrected chi connectivity index (χ1v) is 8.96. The molecule has 1 unspecified atom stereocenters. The molecule has 0 N–H and O–H groups in total. The van der Waals surface area contributed by atoms with Crippen LogP contribution >= 0.6 is 11.8 Å². The lowest BCUT2D eigenvalue weighted by Gasteiger charge is -2.36. The topological polar surface area (TPSA) is 26.8 Å². The van der Waals surface area contributed by atoms with Crippen LogP contribution in [-0.2, 0) is 4.79 Å². The van der Waals surface area contributed by atoms with Gasteiger partial charge >= 0.3 is 0 Å². The van der Waals surface area contributed by atoms with Crippen LogP contribution in [0.4, 0.5) is 0 Å². The van der Waals surface area contributed by atoms with E-state index < -0.39 is 0 Å². The van der Waals surface area contributed by atoms with E-state index in [-0.39, 0.29) is 6.04 Å². The second-order valence-electron chi connectivity index (χ2n) is 6.23. The molecule has 1 amide bonds. The highest BCUT2D eigenvalue weighted by atomic mass is 32.2. The summed E-state index contributed by atoms with van der Waals surface area (Å²) in [6.07, 6.45) is 2.21. The Kier molecular flexibility index (Phi) is 6.18. The monoisotopic (exact) mass is 299 g/mol. The largest absolute Gasteiger partial charge is 0.339 e. The molecule has 2 heterocycles. The molecule has 2 rings (SSSR count). The van der Waals surface area contributed by atoms with Crippen molar-refractivity contribution in [1.29, 1.82) is 0 Å². The van der Waals surface area contributed by atoms with Crippen molar-refractivity contribution in [3.8, 4) is 0 Å². The van der Waals surface area contributed by atoms with E-state index in [0.29, 0.717) is 5.91 Å². The average molecular weight is 299 g/mol. The lowest BCUT2D eigenvalue weighted by Crippen LogP contribution is -2.53. The van der Waals surface area contributed by atoms with E-state index in [1.165, 1.54) is 12.2 Å². The number of nitrogens with zero attached hydrogens (tertiary/aromatic N) is 3. The van der Waals surface area contributed by atoms with E-state index in [4.69, 9.17) is 0 Å². The highest BCUT2D eigenvalue weighted by Crippen LogP contribution is 2.18. The molecule has 5 heteroatoms. The molecule has 2 aliphatic heterocycles. The van der Waals surface area contributed by atoms with Gasteiger partial charge in [-0.25, -0.2) is 0 Å². The molecule has 20 heavy (non-hydrogen) atoms. The van der Waals surface area contributed by atoms with Gasteiger partial charge in [-0.3, -0.25) is 14.6 Å². The molecule has 0 aromatic carbocycles. The van der Waals surface area contributed by atoms with Crippen LogP contribution in [0.5, 0.6) is 0 Å². The summed E-state index contributed by atoms with van der Waals surface area (Å²) < 4.78 is 0. The maximum absolute atomic E-state index is 12.5. The fraction of sp³-hybridized carbons (Fsp3) is 0.933. The molecular formula is C15H29N3OS. The predicted molar refractivity (Wildman–Crippen MR) is 86.3 cm³/mol. The Labute approximate surface area is 127 Å². The smallest absolute Gasteiger partial charge is 0.240 e. The molecule has 0 aromatic rings. The SMILES string of the molecule is CC(C)SCCN1CCN(C(=O)C2CCCN2C)CC1. The van der Waals surface area contributed by atoms with Gasteiger partial charge in [0.25, 0.3) is 0 Å². The van der Waals surface area contributed by atoms with Gasteiger partial charge in [0.15, 0.2) is 0 Å². The zero-order valence-electron chi connectivity index (χ0n) is 13.2. The van der Waals surface area contributed by atoms with Crippen LogP contribution in [0, 0.1) is 0 Å². The summed E-state index contributed by atoms with van der Waals surface area (Å²) in [4.78, 5) is 19.3. The fourth-order valence-electron chi connectivity index (χ4n) is 3.04. The Balaban J connectivity index is 1.69. The summed E-state index contributed by atoms with van der Waals surface area (Å²) in [5, 5.41) is 0.718. The third kappa shape index (κ3) is 4.37. The Bertz CT molecular complexity index is 316. The number of hydrogen-bond donors (Lipinski definition) is 0. The standard InChI is InChI=1S/C15H29N3OS/c1-13(2)20-12-11-17-7-9-18(10-8-17)15(19)14-5-4-6-16(14)3/h13-14H,4-12H2,1-3H3. The molecule has 1 atom stereocenters. The van der Waals surface area contributed by atoms with Crippen LogP contribution in [0.1, 0.15) is 26.7 Å². The van der Waals surface area contributed by atoms with Crippen molar-refractivity contribution in [2.45, 2.75) is 38.0 Å². The van der Waals surface area contributed by atoms with Gasteiger partial charge in [-0.05, 0) is 31.7 Å². The number of carbonyl (C=O) groups excluding carboxylic acids is 1. The number of hydrogen-bond acceptors (Lipinski definition) is 4. The highest BCUT2D eigenvalue weighted by Gasteiger charge is 2.32. The number of carbonyl (C=O) groups is 1. The summed E-state index contributed by atoms with van der Waals surface area (Å²) in [6, 6.07) is 0.151. The number of thioether (sulfide) groups is 1. The number of piperazine rings is 1. The van der Waals surface area contributed by atoms with Gasteiger partial charge in [0.1, 0.15) is 0 Å². The van der Waals surface area contributed by atoms with Crippen LogP contribution in [-0.4, -0.2) is 84.0 Å². The highest BCUT2D eigenvalue weighted by molar-refractivity contribution is 7.99. The van der Waals surface area contributed by atoms with Gasteiger partial charge in [-0.15, -0.1) is 0 Å². The van der Waals surface area contributed by atoms with Crippen molar-refractivity contribution < 1.29 is 4.79 Å². The molecule has 0 aromatic heterocycles. The molecule has 0 aliphatic carbocycles. The molecule has 116 valence electrons. The molecule has 2 fully saturated rings. The average Bonchev–Trinajstić information content (AvgIpc) is 2.84. The van der Waals surface area contributed by atoms with Crippen molar-refractivity contribution in [2.75, 3.05) is 52.1 Å². The summed E-state index contributed by atoms with van der Waals surface area (Å²) in [6.45, 7) is 10.6. The minimum Gasteiger partial charge on any atom is -0.339 e. The zero-order valence-corrected chi connectivity index (χ0v) is 14.0. The van der Waals surface area contributed by atoms with Crippen LogP contribution in [0.2, 0.25) is 0 Å². The minimum absolute atomic E-state index is 0.151. The van der Waals surface area contributed by atoms with Crippen molar-refractivity contribution in [2.24, 2.45) is 0 Å². The number of amides is 1. The van der Waals surface area contributed by atoms with E-state index in [0.717, 1.165) is 50.9 Å². The molecule has 2 saturated heterocycles. The van der Waals surface area contributed by atoms with E-state index >= 15 is 0 Å². The van der Waals surface area contributed by atoms with Gasteiger partial charge in [0.05, 0.1) is 6.04 Å². The molecule has 2 aliphatic rings. The van der Waals surface area contributed by atoms with Crippen molar-refractivity contribution in [3.05, 3.63) is 0 Å². The van der Waals surface area contributed by atoms with Crippen molar-refractivity contribution in [3.63, 3.8) is 0 Å². The van der Waals surface area contributed by atoms with Crippen LogP contribution < -0.4 is 0 Å². The van der Waals surface area contributed by atoms with Gasteiger partial charge in [-0.2, -0.15) is 11.8 Å². The van der Waals surface area contributed by atoms with E-state index in [1.54, 1.807) is 0 Å². The lowest BCUT2D eigenvalue weighted by atomic mass is 10.1. The minimum atomic E-state index is 0.151. The number of likely N-dealkylation sites (tertiary alicyclic amines) is 1. The third-order valence-corrected chi connectivity index (χ3v) is 5.43. The normalized spacial score (nSPS) is 25.6. The van der Waals surface area contributed by atoms with Crippen molar-refractivity contribution >= 4 is 17.7 Å². The van der Waals surface area contributed by atoms with Crippen LogP contribution in [0.25, 0.3) is 0 Å². The maximum Gasteiger partial charge on any atom is 0.240 e. The van der Waals surface area contributed by atoms with E-state index in [9.17, 15) is 4.79 Å². The summed E-state index contributed by atoms with van der Waals surface area (Å²) in [5.41, 5.74) is 0. The fourth-order valence-corrected chi connectivity index (χ4v) is 3.88. The predicted octanol–water partition coefficient (Wildman–Crippen LogP) is 1.37. The molecule has 0 radical (unpaired) electrons. The molecule has 4 nitrogen and oxygen atoms in total. The van der Waals surface area contributed by atoms with Gasteiger partial charge in [0.2, 0.25) is 5.91 Å². The first kappa shape index (κ1) is 16.1. The van der Waals surface area contributed by atoms with Crippen LogP contribution in [0.3, 0.4) is 0 Å². The number of rotatable bonds is 5. The van der Waals surface area contributed by atoms with Gasteiger partial charge in [0, 0.05) is 38.5 Å². The second-order valence-corrected chi connectivity index (χ2v) is 7.91. The molecule has 0 saturated carbocycles. The molecule has 0 bridgehead atoms. The summed E-state index contributed by atoms with van der Waals surface area (Å²) in [5.74, 6) is 1.57. The maximum atomic E-state index is 12.5. The lowest BCUT2D eigenvalue weighted by molar-refractivity contribution is -0.137. The third-order valence-electron chi connectivity index (χ3n) is 4.35. The summed E-state index contributed by atoms with van der Waals surface area (Å²) in [7, 11) is 2.08. The first-order chi connectivity index (χ1) is 9.58. The Hall–Kier alpha value is -0.260. The Morgan fingerprint density at radius 1 is 1.20 bits per heavy atom. The quantitative estimate of drug-likeness (QED) is 0.766. The molecule has 0 spiro atoms. The van der Waals surface area contributed by atoms with Crippen LogP contribution in [0.15, 0.2) is 0 Å². The zero-order chi connectivity index (χ0) is 14.5. The van der Waals surface area contributed by atoms with Crippen molar-refractivity contribution in [1.82, 2.24) is 14.7 Å².